The van der Waals surface area contributed by atoms with Gasteiger partial charge in [0.1, 0.15) is 12.1 Å². The van der Waals surface area contributed by atoms with Gasteiger partial charge in [-0.1, -0.05) is 111 Å². The number of ether oxygens (including phenoxy) is 4. The van der Waals surface area contributed by atoms with E-state index in [1.165, 1.54) is 67.3 Å². The van der Waals surface area contributed by atoms with Gasteiger partial charge in [0.2, 0.25) is 29.0 Å². The number of aromatic amines is 1. The molecule has 0 unspecified atom stereocenters. The summed E-state index contributed by atoms with van der Waals surface area (Å²) in [6.07, 6.45) is -1.01. The molecule has 0 atom stereocenters. The lowest BCUT2D eigenvalue weighted by Gasteiger charge is -2.13. The molecular formula is C52H49Cl6N15O11. The molecule has 7 rings (SSSR count). The van der Waals surface area contributed by atoms with E-state index in [-0.39, 0.29) is 117 Å². The van der Waals surface area contributed by atoms with Crippen LogP contribution in [0.15, 0.2) is 83.7 Å². The summed E-state index contributed by atoms with van der Waals surface area (Å²) in [5, 5.41) is 40.1. The van der Waals surface area contributed by atoms with Crippen molar-refractivity contribution in [3.05, 3.63) is 159 Å². The zero-order valence-electron chi connectivity index (χ0n) is 45.9. The molecule has 5 N–H and O–H groups in total. The van der Waals surface area contributed by atoms with Gasteiger partial charge in [0.05, 0.1) is 48.1 Å². The second-order valence-electron chi connectivity index (χ2n) is 18.2. The number of benzene rings is 3. The van der Waals surface area contributed by atoms with Crippen LogP contribution < -0.4 is 58.6 Å². The number of rotatable bonds is 14. The average molecular weight is 1270 g/mol. The van der Waals surface area contributed by atoms with Crippen LogP contribution in [0.5, 0.6) is 34.9 Å². The molecule has 0 bridgehead atoms. The fourth-order valence-electron chi connectivity index (χ4n) is 6.89. The van der Waals surface area contributed by atoms with Gasteiger partial charge < -0.3 is 24.7 Å². The largest absolute Gasteiger partial charge is 0.450 e. The highest BCUT2D eigenvalue weighted by atomic mass is 35.5. The Morgan fingerprint density at radius 1 is 0.631 bits per heavy atom. The number of nitrogens with two attached hydrogens (primary N) is 1. The predicted octanol–water partition coefficient (Wildman–Crippen LogP) is 9.26. The van der Waals surface area contributed by atoms with Gasteiger partial charge in [-0.3, -0.25) is 39.7 Å². The minimum absolute atomic E-state index is 0.0117. The van der Waals surface area contributed by atoms with Crippen molar-refractivity contribution in [2.75, 3.05) is 17.8 Å². The quantitative estimate of drug-likeness (QED) is 0.0447. The SMILES string of the molecule is CC(C)c1cc(Oc2c(Cl)cc(-n3nc(C#N)c(=O)[nH]c3=O)cc2Cl)nn(C)c1=O.CC(C)c1cc(Oc2c(Cl)cc(N)cc2Cl)nn(C)c1=O.CCOC(=O)NC(=O)/C(C#N)=N\Nc1cc(Cl)c(Oc2cc(C(C)C)c(=O)n(C)n2)c(Cl)c1. The lowest BCUT2D eigenvalue weighted by molar-refractivity contribution is -0.114. The Morgan fingerprint density at radius 3 is 1.37 bits per heavy atom. The van der Waals surface area contributed by atoms with Gasteiger partial charge in [0.25, 0.3) is 28.1 Å². The fraction of sp³-hybridized carbons (Fsp3) is 0.269. The third-order valence-corrected chi connectivity index (χ3v) is 12.7. The first-order chi connectivity index (χ1) is 39.5. The molecule has 7 aromatic rings. The number of amides is 2. The van der Waals surface area contributed by atoms with Crippen LogP contribution in [0.4, 0.5) is 16.2 Å². The Bertz CT molecular complexity index is 4060. The molecule has 440 valence electrons. The van der Waals surface area contributed by atoms with Gasteiger partial charge in [-0.25, -0.2) is 23.6 Å². The Kier molecular flexibility index (Phi) is 22.8. The molecule has 0 radical (unpaired) electrons. The van der Waals surface area contributed by atoms with Crippen molar-refractivity contribution in [1.29, 1.82) is 10.5 Å². The van der Waals surface area contributed by atoms with Gasteiger partial charge in [0.15, 0.2) is 17.2 Å². The molecule has 0 fully saturated rings. The van der Waals surface area contributed by atoms with Crippen LogP contribution in [0.2, 0.25) is 30.1 Å². The van der Waals surface area contributed by atoms with Crippen LogP contribution in [0.25, 0.3) is 5.69 Å². The molecule has 0 aliphatic rings. The highest BCUT2D eigenvalue weighted by Crippen LogP contribution is 2.41. The highest BCUT2D eigenvalue weighted by Gasteiger charge is 2.21. The van der Waals surface area contributed by atoms with Gasteiger partial charge >= 0.3 is 11.8 Å². The Balaban J connectivity index is 0.000000236. The molecule has 84 heavy (non-hydrogen) atoms. The van der Waals surface area contributed by atoms with E-state index in [4.69, 9.17) is 100 Å². The average Bonchev–Trinajstić information content (AvgIpc) is 3.53. The maximum absolute atomic E-state index is 12.2. The summed E-state index contributed by atoms with van der Waals surface area (Å²) in [5.74, 6) is -0.282. The normalized spacial score (nSPS) is 10.9. The highest BCUT2D eigenvalue weighted by molar-refractivity contribution is 6.47. The monoisotopic (exact) mass is 1270 g/mol. The summed E-state index contributed by atoms with van der Waals surface area (Å²) in [7, 11) is 4.56. The number of hydrazone groups is 1. The number of anilines is 2. The third kappa shape index (κ3) is 16.7. The lowest BCUT2D eigenvalue weighted by Crippen LogP contribution is -2.36. The van der Waals surface area contributed by atoms with Crippen molar-refractivity contribution < 1.29 is 28.5 Å². The lowest BCUT2D eigenvalue weighted by atomic mass is 10.1. The molecule has 2 amide bonds. The standard InChI is InChI=1S/C20H20Cl2N6O5.C18H14Cl2N6O4.C14H15Cl2N3O2/c1-5-32-20(31)24-18(29)15(9-23)26-25-11-6-13(21)17(14(22)7-11)33-16-8-12(10(2)3)19(30)28(4)27-16;1-8(2)10-6-14(24-25(3)17(10)28)30-15-11(19)4-9(5-12(15)20)26-18(29)22-16(27)13(7-21)23-26;1-7(2)9-6-12(18-19(3)14(9)20)21-13-10(15)4-8(17)5-11(13)16/h6-8,10,25H,5H2,1-4H3,(H,24,29,31);4-6,8H,1-3H3,(H,22,27,29);4-7H,17H2,1-3H3/b26-15-;;. The van der Waals surface area contributed by atoms with Crippen LogP contribution in [-0.2, 0) is 30.7 Å². The van der Waals surface area contributed by atoms with Crippen LogP contribution in [0, 0.1) is 22.7 Å². The summed E-state index contributed by atoms with van der Waals surface area (Å²) in [4.78, 5) is 85.1. The number of hydrogen-bond acceptors (Lipinski definition) is 20. The van der Waals surface area contributed by atoms with Gasteiger partial charge in [0, 0.05) is 61.7 Å². The molecule has 26 nitrogen and oxygen atoms in total. The number of carbonyl (C=O) groups excluding carboxylic acids is 2. The maximum Gasteiger partial charge on any atom is 0.414 e. The molecule has 4 heterocycles. The van der Waals surface area contributed by atoms with Crippen LogP contribution in [0.3, 0.4) is 0 Å². The Hall–Kier alpha value is -8.76. The number of H-pyrrole nitrogens is 1. The first-order valence-electron chi connectivity index (χ1n) is 24.4. The van der Waals surface area contributed by atoms with E-state index >= 15 is 0 Å². The van der Waals surface area contributed by atoms with Gasteiger partial charge in [-0.2, -0.15) is 20.3 Å². The molecular weight excluding hydrogens is 1220 g/mol. The van der Waals surface area contributed by atoms with Crippen molar-refractivity contribution in [3.8, 4) is 52.7 Å². The van der Waals surface area contributed by atoms with E-state index in [9.17, 15) is 33.6 Å². The molecule has 32 heteroatoms. The van der Waals surface area contributed by atoms with Crippen molar-refractivity contribution >= 4 is 98.7 Å². The minimum atomic E-state index is -1.05. The number of alkyl carbamates (subject to hydrolysis) is 1. The first kappa shape index (κ1) is 66.0. The number of nitrogens with one attached hydrogen (secondary N) is 3. The van der Waals surface area contributed by atoms with E-state index < -0.39 is 34.7 Å². The zero-order valence-corrected chi connectivity index (χ0v) is 50.4. The third-order valence-electron chi connectivity index (χ3n) is 11.0. The summed E-state index contributed by atoms with van der Waals surface area (Å²) < 4.78 is 25.9. The predicted molar refractivity (Wildman–Crippen MR) is 315 cm³/mol. The molecule has 0 saturated heterocycles. The summed E-state index contributed by atoms with van der Waals surface area (Å²) >= 11 is 37.3. The number of hydrogen-bond donors (Lipinski definition) is 4. The van der Waals surface area contributed by atoms with Gasteiger partial charge in [-0.15, -0.1) is 20.4 Å². The molecule has 0 aliphatic carbocycles. The van der Waals surface area contributed by atoms with Crippen LogP contribution in [0.1, 0.15) is 88.6 Å². The minimum Gasteiger partial charge on any atom is -0.450 e. The van der Waals surface area contributed by atoms with Crippen molar-refractivity contribution in [2.45, 2.75) is 66.2 Å². The Morgan fingerprint density at radius 2 is 1.01 bits per heavy atom. The van der Waals surface area contributed by atoms with E-state index in [0.29, 0.717) is 22.4 Å². The number of carbonyl (C=O) groups is 2. The first-order valence-corrected chi connectivity index (χ1v) is 26.6. The zero-order chi connectivity index (χ0) is 62.6. The van der Waals surface area contributed by atoms with E-state index in [1.54, 1.807) is 32.2 Å². The summed E-state index contributed by atoms with van der Waals surface area (Å²) in [6, 6.07) is 16.2. The maximum atomic E-state index is 12.2. The molecule has 4 aromatic heterocycles. The fourth-order valence-corrected chi connectivity index (χ4v) is 8.59. The second-order valence-corrected chi connectivity index (χ2v) is 20.6. The summed E-state index contributed by atoms with van der Waals surface area (Å²) in [5.41, 5.74) is 6.92. The molecule has 3 aromatic carbocycles. The molecule has 0 aliphatic heterocycles. The van der Waals surface area contributed by atoms with Crippen molar-refractivity contribution in [1.82, 2.24) is 49.4 Å². The summed E-state index contributed by atoms with van der Waals surface area (Å²) in [6.45, 7) is 12.9. The number of nitrogen functional groups attached to an aromatic ring is 1. The van der Waals surface area contributed by atoms with Crippen LogP contribution >= 0.6 is 69.6 Å². The van der Waals surface area contributed by atoms with Crippen molar-refractivity contribution in [2.24, 2.45) is 26.2 Å². The number of halogens is 6. The number of nitriles is 2. The van der Waals surface area contributed by atoms with Gasteiger partial charge in [-0.05, 0) is 61.1 Å². The number of aryl methyl sites for hydroxylation is 3. The Labute approximate surface area is 506 Å². The topological polar surface area (TPSA) is 353 Å². The van der Waals surface area contributed by atoms with Crippen LogP contribution in [-0.4, -0.2) is 68.4 Å². The van der Waals surface area contributed by atoms with E-state index in [2.05, 4.69) is 35.7 Å². The second kappa shape index (κ2) is 29.0. The van der Waals surface area contributed by atoms with E-state index in [1.807, 2.05) is 51.8 Å². The smallest absolute Gasteiger partial charge is 0.414 e. The number of aromatic nitrogens is 9. The number of nitrogens with zero attached hydrogens (tertiary/aromatic N) is 11. The van der Waals surface area contributed by atoms with Crippen molar-refractivity contribution in [3.63, 3.8) is 0 Å². The molecule has 0 spiro atoms. The van der Waals surface area contributed by atoms with E-state index in [0.717, 1.165) is 14.0 Å². The molecule has 0 saturated carbocycles. The number of imide groups is 1.